The molecule has 30 heavy (non-hydrogen) atoms. The van der Waals surface area contributed by atoms with E-state index >= 15 is 0 Å². The van der Waals surface area contributed by atoms with Crippen LogP contribution in [0.3, 0.4) is 0 Å². The number of carbonyl (C=O) groups is 3. The number of hydrogen-bond acceptors (Lipinski definition) is 8. The summed E-state index contributed by atoms with van der Waals surface area (Å²) in [6.07, 6.45) is 3.96. The predicted octanol–water partition coefficient (Wildman–Crippen LogP) is 1.05. The van der Waals surface area contributed by atoms with Gasteiger partial charge in [0.25, 0.3) is 5.91 Å². The van der Waals surface area contributed by atoms with E-state index in [2.05, 4.69) is 26.3 Å². The molecule has 0 atom stereocenters. The van der Waals surface area contributed by atoms with Gasteiger partial charge in [0, 0.05) is 0 Å². The van der Waals surface area contributed by atoms with Crippen LogP contribution in [-0.2, 0) is 9.59 Å². The van der Waals surface area contributed by atoms with Gasteiger partial charge in [0.15, 0.2) is 0 Å². The highest BCUT2D eigenvalue weighted by Gasteiger charge is 2.52. The van der Waals surface area contributed by atoms with E-state index in [1.807, 2.05) is 12.1 Å². The molecule has 4 rings (SSSR count). The van der Waals surface area contributed by atoms with E-state index in [1.165, 1.54) is 4.68 Å². The van der Waals surface area contributed by atoms with Crippen LogP contribution in [0.15, 0.2) is 29.4 Å². The lowest BCUT2D eigenvalue weighted by Crippen LogP contribution is -2.51. The molecule has 158 valence electrons. The Morgan fingerprint density at radius 3 is 2.80 bits per heavy atom. The van der Waals surface area contributed by atoms with Crippen molar-refractivity contribution < 1.29 is 19.1 Å². The molecule has 4 amide bonds. The Morgan fingerprint density at radius 1 is 1.27 bits per heavy atom. The van der Waals surface area contributed by atoms with Gasteiger partial charge >= 0.3 is 6.03 Å². The Hall–Kier alpha value is -3.15. The van der Waals surface area contributed by atoms with Crippen LogP contribution in [0.1, 0.15) is 32.1 Å². The maximum atomic E-state index is 12.7. The highest BCUT2D eigenvalue weighted by Crippen LogP contribution is 2.33. The fraction of sp³-hybridized carbons (Fsp3) is 0.444. The summed E-state index contributed by atoms with van der Waals surface area (Å²) in [6.45, 7) is 0. The minimum Gasteiger partial charge on any atom is -0.494 e. The van der Waals surface area contributed by atoms with E-state index in [-0.39, 0.29) is 5.75 Å². The summed E-state index contributed by atoms with van der Waals surface area (Å²) in [6, 6.07) is 6.61. The first-order valence-corrected chi connectivity index (χ1v) is 10.5. The lowest BCUT2D eigenvalue weighted by molar-refractivity contribution is -0.139. The highest BCUT2D eigenvalue weighted by molar-refractivity contribution is 7.99. The number of nitrogens with zero attached hydrogens (tertiary/aromatic N) is 5. The standard InChI is InChI=1S/C18H21N7O4S/c1-29-13-8-4-3-7-12(13)24-17(20-22-23-24)30-11-14(26)21-25-15(27)18(19-16(25)28)9-5-2-6-10-18/h3-4,7-8H,2,5-6,9-11H2,1H3,(H,19,28)(H,21,26). The number of hydrogen-bond donors (Lipinski definition) is 2. The van der Waals surface area contributed by atoms with Crippen LogP contribution in [-0.4, -0.2) is 61.5 Å². The second kappa shape index (κ2) is 8.30. The van der Waals surface area contributed by atoms with Gasteiger partial charge in [0.1, 0.15) is 17.0 Å². The molecule has 1 aliphatic carbocycles. The highest BCUT2D eigenvalue weighted by atomic mass is 32.2. The smallest absolute Gasteiger partial charge is 0.344 e. The monoisotopic (exact) mass is 431 g/mol. The third-order valence-electron chi connectivity index (χ3n) is 5.19. The lowest BCUT2D eigenvalue weighted by Gasteiger charge is -2.30. The van der Waals surface area contributed by atoms with Gasteiger partial charge in [-0.2, -0.15) is 9.69 Å². The van der Waals surface area contributed by atoms with Crippen molar-refractivity contribution in [3.63, 3.8) is 0 Å². The Labute approximate surface area is 176 Å². The molecule has 11 nitrogen and oxygen atoms in total. The quantitative estimate of drug-likeness (QED) is 0.512. The van der Waals surface area contributed by atoms with Crippen LogP contribution < -0.4 is 15.5 Å². The Kier molecular flexibility index (Phi) is 5.57. The van der Waals surface area contributed by atoms with Crippen LogP contribution in [0.5, 0.6) is 5.75 Å². The minimum atomic E-state index is -0.885. The molecular formula is C18H21N7O4S. The zero-order chi connectivity index (χ0) is 21.1. The number of hydrazine groups is 1. The molecule has 1 spiro atoms. The Balaban J connectivity index is 1.40. The van der Waals surface area contributed by atoms with E-state index in [0.29, 0.717) is 29.4 Å². The first-order chi connectivity index (χ1) is 14.5. The summed E-state index contributed by atoms with van der Waals surface area (Å²) < 4.78 is 6.78. The molecule has 2 aromatic rings. The average Bonchev–Trinajstić information content (AvgIpc) is 3.31. The fourth-order valence-corrected chi connectivity index (χ4v) is 4.40. The van der Waals surface area contributed by atoms with Gasteiger partial charge in [-0.25, -0.2) is 4.79 Å². The molecule has 1 aromatic carbocycles. The number of amides is 4. The van der Waals surface area contributed by atoms with Crippen molar-refractivity contribution in [1.29, 1.82) is 0 Å². The number of para-hydroxylation sites is 2. The van der Waals surface area contributed by atoms with Crippen molar-refractivity contribution in [3.8, 4) is 11.4 Å². The summed E-state index contributed by atoms with van der Waals surface area (Å²) in [4.78, 5) is 37.4. The molecule has 12 heteroatoms. The van der Waals surface area contributed by atoms with Gasteiger partial charge in [0.05, 0.1) is 12.9 Å². The molecule has 0 radical (unpaired) electrons. The van der Waals surface area contributed by atoms with Crippen molar-refractivity contribution in [3.05, 3.63) is 24.3 Å². The number of carbonyl (C=O) groups excluding carboxylic acids is 3. The molecule has 2 aliphatic rings. The summed E-state index contributed by atoms with van der Waals surface area (Å²) in [5.41, 5.74) is 2.14. The summed E-state index contributed by atoms with van der Waals surface area (Å²) in [5.74, 6) is -0.414. The maximum absolute atomic E-state index is 12.7. The van der Waals surface area contributed by atoms with Crippen LogP contribution in [0.25, 0.3) is 5.69 Å². The van der Waals surface area contributed by atoms with E-state index in [9.17, 15) is 14.4 Å². The number of rotatable bonds is 6. The summed E-state index contributed by atoms with van der Waals surface area (Å²) in [7, 11) is 1.54. The topological polar surface area (TPSA) is 131 Å². The lowest BCUT2D eigenvalue weighted by atomic mass is 9.82. The van der Waals surface area contributed by atoms with Crippen LogP contribution in [0, 0.1) is 0 Å². The number of benzene rings is 1. The molecule has 1 aromatic heterocycles. The van der Waals surface area contributed by atoms with Gasteiger partial charge in [-0.1, -0.05) is 43.2 Å². The second-order valence-corrected chi connectivity index (χ2v) is 8.02. The van der Waals surface area contributed by atoms with Gasteiger partial charge in [-0.05, 0) is 35.4 Å². The molecule has 2 fully saturated rings. The molecule has 2 N–H and O–H groups in total. The summed E-state index contributed by atoms with van der Waals surface area (Å²) in [5, 5.41) is 15.5. The number of urea groups is 1. The third kappa shape index (κ3) is 3.70. The first kappa shape index (κ1) is 20.1. The molecule has 1 aliphatic heterocycles. The zero-order valence-corrected chi connectivity index (χ0v) is 17.1. The largest absolute Gasteiger partial charge is 0.494 e. The fourth-order valence-electron chi connectivity index (χ4n) is 3.73. The van der Waals surface area contributed by atoms with Crippen molar-refractivity contribution in [2.75, 3.05) is 12.9 Å². The van der Waals surface area contributed by atoms with Crippen molar-refractivity contribution in [2.24, 2.45) is 0 Å². The molecule has 1 saturated heterocycles. The van der Waals surface area contributed by atoms with E-state index in [0.717, 1.165) is 36.0 Å². The maximum Gasteiger partial charge on any atom is 0.344 e. The molecule has 0 unspecified atom stereocenters. The Morgan fingerprint density at radius 2 is 2.03 bits per heavy atom. The number of tetrazole rings is 1. The van der Waals surface area contributed by atoms with Gasteiger partial charge in [-0.3, -0.25) is 15.0 Å². The van der Waals surface area contributed by atoms with Crippen molar-refractivity contribution >= 4 is 29.6 Å². The molecule has 0 bridgehead atoms. The molecular weight excluding hydrogens is 410 g/mol. The number of ether oxygens (including phenoxy) is 1. The van der Waals surface area contributed by atoms with Crippen LogP contribution in [0.2, 0.25) is 0 Å². The van der Waals surface area contributed by atoms with Gasteiger partial charge < -0.3 is 10.1 Å². The van der Waals surface area contributed by atoms with E-state index in [1.54, 1.807) is 19.2 Å². The molecule has 1 saturated carbocycles. The predicted molar refractivity (Wildman–Crippen MR) is 106 cm³/mol. The van der Waals surface area contributed by atoms with E-state index < -0.39 is 23.4 Å². The minimum absolute atomic E-state index is 0.0837. The van der Waals surface area contributed by atoms with Gasteiger partial charge in [-0.15, -0.1) is 5.10 Å². The average molecular weight is 431 g/mol. The Bertz CT molecular complexity index is 973. The number of thioether (sulfide) groups is 1. The van der Waals surface area contributed by atoms with Crippen molar-refractivity contribution in [2.45, 2.75) is 42.8 Å². The third-order valence-corrected chi connectivity index (χ3v) is 6.11. The normalized spacial score (nSPS) is 17.8. The first-order valence-electron chi connectivity index (χ1n) is 9.55. The number of imide groups is 1. The number of aromatic nitrogens is 4. The van der Waals surface area contributed by atoms with E-state index in [4.69, 9.17) is 4.74 Å². The SMILES string of the molecule is COc1ccccc1-n1nnnc1SCC(=O)NN1C(=O)NC2(CCCCC2)C1=O. The molecule has 2 heterocycles. The van der Waals surface area contributed by atoms with Crippen LogP contribution in [0.4, 0.5) is 4.79 Å². The summed E-state index contributed by atoms with van der Waals surface area (Å²) >= 11 is 1.08. The zero-order valence-electron chi connectivity index (χ0n) is 16.3. The second-order valence-electron chi connectivity index (χ2n) is 7.08. The van der Waals surface area contributed by atoms with Crippen LogP contribution >= 0.6 is 11.8 Å². The number of nitrogens with one attached hydrogen (secondary N) is 2. The van der Waals surface area contributed by atoms with Crippen molar-refractivity contribution in [1.82, 2.24) is 36.0 Å². The van der Waals surface area contributed by atoms with Gasteiger partial charge in [0.2, 0.25) is 11.1 Å². The number of methoxy groups -OCH3 is 1.